The highest BCUT2D eigenvalue weighted by molar-refractivity contribution is 7.99. The molecule has 7 nitrogen and oxygen atoms in total. The van der Waals surface area contributed by atoms with E-state index in [-0.39, 0.29) is 5.91 Å². The van der Waals surface area contributed by atoms with E-state index in [4.69, 9.17) is 4.98 Å². The van der Waals surface area contributed by atoms with E-state index in [2.05, 4.69) is 25.7 Å². The summed E-state index contributed by atoms with van der Waals surface area (Å²) in [4.78, 5) is 22.5. The van der Waals surface area contributed by atoms with Crippen LogP contribution in [0.15, 0.2) is 29.4 Å². The predicted molar refractivity (Wildman–Crippen MR) is 134 cm³/mol. The Morgan fingerprint density at radius 2 is 1.68 bits per heavy atom. The molecule has 8 rings (SSSR count). The van der Waals surface area contributed by atoms with Gasteiger partial charge in [0.2, 0.25) is 11.1 Å². The summed E-state index contributed by atoms with van der Waals surface area (Å²) >= 11 is 1.40. The molecule has 34 heavy (non-hydrogen) atoms. The lowest BCUT2D eigenvalue weighted by Gasteiger charge is -2.61. The number of hydrogen-bond acceptors (Lipinski definition) is 6. The topological polar surface area (TPSA) is 67.2 Å². The highest BCUT2D eigenvalue weighted by atomic mass is 32.2. The summed E-state index contributed by atoms with van der Waals surface area (Å²) in [6.45, 7) is 3.76. The van der Waals surface area contributed by atoms with Crippen molar-refractivity contribution in [3.63, 3.8) is 0 Å². The third kappa shape index (κ3) is 3.36. The van der Waals surface area contributed by atoms with Gasteiger partial charge < -0.3 is 9.47 Å². The summed E-state index contributed by atoms with van der Waals surface area (Å²) in [6, 6.07) is 8.14. The number of aryl methyl sites for hydroxylation is 1. The van der Waals surface area contributed by atoms with Gasteiger partial charge in [-0.25, -0.2) is 4.98 Å². The predicted octanol–water partition coefficient (Wildman–Crippen LogP) is 3.72. The molecule has 178 valence electrons. The molecule has 1 aromatic carbocycles. The van der Waals surface area contributed by atoms with E-state index >= 15 is 0 Å². The van der Waals surface area contributed by atoms with Crippen LogP contribution in [0.5, 0.6) is 0 Å². The Morgan fingerprint density at radius 3 is 2.38 bits per heavy atom. The number of carbonyl (C=O) groups excluding carboxylic acids is 1. The first kappa shape index (κ1) is 21.1. The van der Waals surface area contributed by atoms with E-state index < -0.39 is 0 Å². The lowest BCUT2D eigenvalue weighted by atomic mass is 9.52. The van der Waals surface area contributed by atoms with Crippen LogP contribution in [0.25, 0.3) is 22.1 Å². The molecule has 2 aromatic heterocycles. The number of thioether (sulfide) groups is 1. The molecule has 0 unspecified atom stereocenters. The fourth-order valence-electron chi connectivity index (χ4n) is 7.95. The Kier molecular flexibility index (Phi) is 4.92. The average Bonchev–Trinajstić information content (AvgIpc) is 3.13. The Bertz CT molecular complexity index is 1230. The van der Waals surface area contributed by atoms with Crippen LogP contribution in [0.3, 0.4) is 0 Å². The van der Waals surface area contributed by atoms with Crippen molar-refractivity contribution in [1.29, 1.82) is 0 Å². The van der Waals surface area contributed by atoms with Gasteiger partial charge in [0, 0.05) is 44.2 Å². The fourth-order valence-corrected chi connectivity index (χ4v) is 8.64. The van der Waals surface area contributed by atoms with Gasteiger partial charge in [-0.2, -0.15) is 0 Å². The maximum atomic E-state index is 13.0. The molecule has 0 radical (unpaired) electrons. The van der Waals surface area contributed by atoms with Crippen molar-refractivity contribution < 1.29 is 4.79 Å². The molecule has 1 saturated heterocycles. The van der Waals surface area contributed by atoms with E-state index in [0.717, 1.165) is 66.0 Å². The van der Waals surface area contributed by atoms with Crippen molar-refractivity contribution in [1.82, 2.24) is 29.5 Å². The Hall–Kier alpha value is -2.19. The maximum absolute atomic E-state index is 13.0. The minimum absolute atomic E-state index is 0.191. The minimum Gasteiger partial charge on any atom is -0.339 e. The SMILES string of the molecule is Cn1c2ccccc2c2nnc(SCC(=O)N3CCN(C45CC6CC(CC(C6)C4)C5)CC3)nc21. The molecule has 3 aromatic rings. The Balaban J connectivity index is 0.989. The van der Waals surface area contributed by atoms with Gasteiger partial charge in [0.05, 0.1) is 11.3 Å². The molecular weight excluding hydrogens is 444 g/mol. The number of hydrogen-bond donors (Lipinski definition) is 0. The van der Waals surface area contributed by atoms with E-state index in [1.807, 2.05) is 30.1 Å². The van der Waals surface area contributed by atoms with Gasteiger partial charge >= 0.3 is 0 Å². The summed E-state index contributed by atoms with van der Waals surface area (Å²) in [7, 11) is 2.00. The number of para-hydroxylation sites is 1. The van der Waals surface area contributed by atoms with E-state index in [1.165, 1.54) is 50.3 Å². The molecule has 1 aliphatic heterocycles. The van der Waals surface area contributed by atoms with Crippen molar-refractivity contribution in [3.8, 4) is 0 Å². The molecule has 0 atom stereocenters. The van der Waals surface area contributed by atoms with Crippen LogP contribution in [0.1, 0.15) is 38.5 Å². The largest absolute Gasteiger partial charge is 0.339 e. The number of carbonyl (C=O) groups is 1. The van der Waals surface area contributed by atoms with Crippen LogP contribution in [-0.4, -0.2) is 72.9 Å². The first-order valence-corrected chi connectivity index (χ1v) is 13.8. The minimum atomic E-state index is 0.191. The number of nitrogens with zero attached hydrogens (tertiary/aromatic N) is 6. The quantitative estimate of drug-likeness (QED) is 0.535. The van der Waals surface area contributed by atoms with E-state index in [1.54, 1.807) is 0 Å². The van der Waals surface area contributed by atoms with Crippen molar-refractivity contribution in [2.75, 3.05) is 31.9 Å². The van der Waals surface area contributed by atoms with Gasteiger partial charge in [0.25, 0.3) is 0 Å². The van der Waals surface area contributed by atoms with Gasteiger partial charge in [-0.15, -0.1) is 10.2 Å². The van der Waals surface area contributed by atoms with Gasteiger partial charge in [-0.05, 0) is 62.3 Å². The average molecular weight is 477 g/mol. The van der Waals surface area contributed by atoms with Gasteiger partial charge in [0.1, 0.15) is 5.52 Å². The number of piperazine rings is 1. The normalized spacial score (nSPS) is 31.1. The van der Waals surface area contributed by atoms with Crippen LogP contribution in [0.4, 0.5) is 0 Å². The number of aromatic nitrogens is 4. The molecule has 4 bridgehead atoms. The van der Waals surface area contributed by atoms with Crippen molar-refractivity contribution in [3.05, 3.63) is 24.3 Å². The molecule has 5 aliphatic rings. The lowest BCUT2D eigenvalue weighted by molar-refractivity contribution is -0.135. The third-order valence-electron chi connectivity index (χ3n) is 9.12. The molecule has 0 spiro atoms. The highest BCUT2D eigenvalue weighted by Gasteiger charge is 2.53. The molecule has 4 saturated carbocycles. The second-order valence-electron chi connectivity index (χ2n) is 11.1. The molecular formula is C26H32N6OS. The first-order valence-electron chi connectivity index (χ1n) is 12.8. The zero-order chi connectivity index (χ0) is 22.9. The number of amides is 1. The van der Waals surface area contributed by atoms with Crippen molar-refractivity contribution in [2.45, 2.75) is 49.2 Å². The van der Waals surface area contributed by atoms with E-state index in [0.29, 0.717) is 16.4 Å². The van der Waals surface area contributed by atoms with Crippen molar-refractivity contribution in [2.24, 2.45) is 24.8 Å². The van der Waals surface area contributed by atoms with Crippen LogP contribution in [-0.2, 0) is 11.8 Å². The van der Waals surface area contributed by atoms with Crippen LogP contribution in [0, 0.1) is 17.8 Å². The standard InChI is InChI=1S/C26H32N6OS/c1-30-21-5-3-2-4-20(21)23-24(30)27-25(29-28-23)34-16-22(33)31-6-8-32(9-7-31)26-13-17-10-18(14-26)12-19(11-17)15-26/h2-5,17-19H,6-16H2,1H3. The molecule has 3 heterocycles. The maximum Gasteiger partial charge on any atom is 0.233 e. The summed E-state index contributed by atoms with van der Waals surface area (Å²) in [5.74, 6) is 3.46. The smallest absolute Gasteiger partial charge is 0.233 e. The summed E-state index contributed by atoms with van der Waals surface area (Å²) in [5.41, 5.74) is 3.17. The Morgan fingerprint density at radius 1 is 1.00 bits per heavy atom. The molecule has 4 aliphatic carbocycles. The first-order chi connectivity index (χ1) is 16.6. The monoisotopic (exact) mass is 476 g/mol. The summed E-state index contributed by atoms with van der Waals surface area (Å²) in [6.07, 6.45) is 8.67. The molecule has 8 heteroatoms. The lowest BCUT2D eigenvalue weighted by Crippen LogP contribution is -2.64. The number of fused-ring (bicyclic) bond motifs is 3. The van der Waals surface area contributed by atoms with Crippen LogP contribution in [0.2, 0.25) is 0 Å². The second-order valence-corrected chi connectivity index (χ2v) is 12.1. The summed E-state index contributed by atoms with van der Waals surface area (Å²) < 4.78 is 2.05. The second kappa shape index (κ2) is 7.92. The highest BCUT2D eigenvalue weighted by Crippen LogP contribution is 2.57. The zero-order valence-electron chi connectivity index (χ0n) is 19.8. The van der Waals surface area contributed by atoms with Gasteiger partial charge in [-0.3, -0.25) is 9.69 Å². The molecule has 1 amide bonds. The summed E-state index contributed by atoms with van der Waals surface area (Å²) in [5, 5.41) is 10.4. The van der Waals surface area contributed by atoms with Gasteiger partial charge in [-0.1, -0.05) is 30.0 Å². The number of benzene rings is 1. The zero-order valence-corrected chi connectivity index (χ0v) is 20.6. The van der Waals surface area contributed by atoms with Crippen LogP contribution >= 0.6 is 11.8 Å². The Labute approximate surface area is 204 Å². The van der Waals surface area contributed by atoms with Crippen LogP contribution < -0.4 is 0 Å². The molecule has 0 N–H and O–H groups in total. The fraction of sp³-hybridized carbons (Fsp3) is 0.615. The van der Waals surface area contributed by atoms with Crippen molar-refractivity contribution >= 4 is 39.7 Å². The molecule has 5 fully saturated rings. The van der Waals surface area contributed by atoms with E-state index in [9.17, 15) is 4.79 Å². The van der Waals surface area contributed by atoms with Gasteiger partial charge in [0.15, 0.2) is 5.65 Å². The third-order valence-corrected chi connectivity index (χ3v) is 9.94. The number of rotatable bonds is 4.